The Balaban J connectivity index is 1.70. The highest BCUT2D eigenvalue weighted by atomic mass is 32.2. The van der Waals surface area contributed by atoms with E-state index >= 15 is 0 Å². The van der Waals surface area contributed by atoms with Gasteiger partial charge >= 0.3 is 0 Å². The molecule has 0 aliphatic carbocycles. The standard InChI is InChI=1S/C22H22N2O3S/c1-16(2)24-28(26,27)20-13-11-19(12-14-20)23-22(25)15-10-18-8-5-7-17-6-3-4-9-21(17)18/h3-16,24H,1-2H3,(H,23,25). The second kappa shape index (κ2) is 8.37. The summed E-state index contributed by atoms with van der Waals surface area (Å²) in [6.07, 6.45) is 3.23. The second-order valence-corrected chi connectivity index (χ2v) is 8.41. The Morgan fingerprint density at radius 1 is 0.929 bits per heavy atom. The number of fused-ring (bicyclic) bond motifs is 1. The highest BCUT2D eigenvalue weighted by Crippen LogP contribution is 2.20. The van der Waals surface area contributed by atoms with Crippen LogP contribution in [0.25, 0.3) is 16.8 Å². The van der Waals surface area contributed by atoms with E-state index in [2.05, 4.69) is 10.0 Å². The molecule has 0 saturated carbocycles. The van der Waals surface area contributed by atoms with Crippen LogP contribution >= 0.6 is 0 Å². The van der Waals surface area contributed by atoms with Crippen molar-refractivity contribution in [2.45, 2.75) is 24.8 Å². The topological polar surface area (TPSA) is 75.3 Å². The summed E-state index contributed by atoms with van der Waals surface area (Å²) in [6, 6.07) is 19.8. The monoisotopic (exact) mass is 394 g/mol. The highest BCUT2D eigenvalue weighted by Gasteiger charge is 2.14. The quantitative estimate of drug-likeness (QED) is 0.616. The summed E-state index contributed by atoms with van der Waals surface area (Å²) in [5.74, 6) is -0.288. The molecule has 3 rings (SSSR count). The molecule has 0 heterocycles. The molecule has 144 valence electrons. The predicted molar refractivity (Wildman–Crippen MR) is 114 cm³/mol. The van der Waals surface area contributed by atoms with E-state index in [-0.39, 0.29) is 16.8 Å². The van der Waals surface area contributed by atoms with Crippen molar-refractivity contribution in [3.8, 4) is 0 Å². The van der Waals surface area contributed by atoms with Gasteiger partial charge in [-0.1, -0.05) is 42.5 Å². The smallest absolute Gasteiger partial charge is 0.248 e. The van der Waals surface area contributed by atoms with Crippen LogP contribution in [-0.4, -0.2) is 20.4 Å². The van der Waals surface area contributed by atoms with Gasteiger partial charge in [0.1, 0.15) is 0 Å². The molecule has 3 aromatic carbocycles. The van der Waals surface area contributed by atoms with Crippen LogP contribution in [0.1, 0.15) is 19.4 Å². The predicted octanol–water partition coefficient (Wildman–Crippen LogP) is 4.18. The Kier molecular flexibility index (Phi) is 5.92. The molecule has 0 unspecified atom stereocenters. The molecule has 0 saturated heterocycles. The minimum atomic E-state index is -3.55. The number of hydrogen-bond donors (Lipinski definition) is 2. The van der Waals surface area contributed by atoms with E-state index in [0.29, 0.717) is 5.69 Å². The van der Waals surface area contributed by atoms with E-state index in [1.807, 2.05) is 42.5 Å². The zero-order valence-corrected chi connectivity index (χ0v) is 16.5. The van der Waals surface area contributed by atoms with Crippen LogP contribution in [0.4, 0.5) is 5.69 Å². The summed E-state index contributed by atoms with van der Waals surface area (Å²) < 4.78 is 26.8. The van der Waals surface area contributed by atoms with Crippen molar-refractivity contribution < 1.29 is 13.2 Å². The fourth-order valence-corrected chi connectivity index (χ4v) is 4.09. The number of anilines is 1. The average Bonchev–Trinajstić information content (AvgIpc) is 2.66. The van der Waals surface area contributed by atoms with Crippen LogP contribution in [0.3, 0.4) is 0 Å². The minimum absolute atomic E-state index is 0.158. The van der Waals surface area contributed by atoms with Crippen molar-refractivity contribution in [2.75, 3.05) is 5.32 Å². The molecule has 6 heteroatoms. The number of carbonyl (C=O) groups is 1. The summed E-state index contributed by atoms with van der Waals surface area (Å²) >= 11 is 0. The summed E-state index contributed by atoms with van der Waals surface area (Å²) in [5.41, 5.74) is 1.48. The zero-order chi connectivity index (χ0) is 20.1. The number of sulfonamides is 1. The van der Waals surface area contributed by atoms with Gasteiger partial charge in [0.25, 0.3) is 0 Å². The van der Waals surface area contributed by atoms with E-state index in [4.69, 9.17) is 0 Å². The van der Waals surface area contributed by atoms with E-state index in [1.165, 1.54) is 18.2 Å². The summed E-state index contributed by atoms with van der Waals surface area (Å²) in [5, 5.41) is 4.92. The fraction of sp³-hybridized carbons (Fsp3) is 0.136. The number of carbonyl (C=O) groups excluding carboxylic acids is 1. The van der Waals surface area contributed by atoms with Crippen molar-refractivity contribution in [3.05, 3.63) is 78.4 Å². The normalized spacial score (nSPS) is 12.0. The Morgan fingerprint density at radius 2 is 1.61 bits per heavy atom. The summed E-state index contributed by atoms with van der Waals surface area (Å²) in [7, 11) is -3.55. The Hall–Kier alpha value is -2.96. The molecule has 0 radical (unpaired) electrons. The summed E-state index contributed by atoms with van der Waals surface area (Å²) in [4.78, 5) is 12.4. The molecule has 2 N–H and O–H groups in total. The highest BCUT2D eigenvalue weighted by molar-refractivity contribution is 7.89. The number of rotatable bonds is 6. The SMILES string of the molecule is CC(C)NS(=O)(=O)c1ccc(NC(=O)C=Cc2cccc3ccccc23)cc1. The van der Waals surface area contributed by atoms with Gasteiger partial charge in [0, 0.05) is 17.8 Å². The molecule has 28 heavy (non-hydrogen) atoms. The third-order valence-corrected chi connectivity index (χ3v) is 5.74. The molecular formula is C22H22N2O3S. The number of nitrogens with one attached hydrogen (secondary N) is 2. The number of benzene rings is 3. The van der Waals surface area contributed by atoms with Gasteiger partial charge in [-0.05, 0) is 60.5 Å². The Morgan fingerprint density at radius 3 is 2.32 bits per heavy atom. The van der Waals surface area contributed by atoms with Gasteiger partial charge in [-0.25, -0.2) is 13.1 Å². The van der Waals surface area contributed by atoms with Gasteiger partial charge < -0.3 is 5.32 Å². The lowest BCUT2D eigenvalue weighted by Crippen LogP contribution is -2.30. The van der Waals surface area contributed by atoms with Crippen LogP contribution in [0.15, 0.2) is 77.7 Å². The van der Waals surface area contributed by atoms with Gasteiger partial charge in [-0.3, -0.25) is 4.79 Å². The third kappa shape index (κ3) is 4.85. The maximum Gasteiger partial charge on any atom is 0.248 e. The van der Waals surface area contributed by atoms with E-state index in [1.54, 1.807) is 32.1 Å². The van der Waals surface area contributed by atoms with Crippen molar-refractivity contribution >= 4 is 38.5 Å². The molecule has 0 spiro atoms. The second-order valence-electron chi connectivity index (χ2n) is 6.69. The van der Waals surface area contributed by atoms with Crippen molar-refractivity contribution in [1.29, 1.82) is 0 Å². The minimum Gasteiger partial charge on any atom is -0.323 e. The largest absolute Gasteiger partial charge is 0.323 e. The first-order chi connectivity index (χ1) is 13.3. The van der Waals surface area contributed by atoms with Gasteiger partial charge in [0.15, 0.2) is 0 Å². The van der Waals surface area contributed by atoms with E-state index in [9.17, 15) is 13.2 Å². The van der Waals surface area contributed by atoms with Crippen LogP contribution in [-0.2, 0) is 14.8 Å². The van der Waals surface area contributed by atoms with E-state index < -0.39 is 10.0 Å². The zero-order valence-electron chi connectivity index (χ0n) is 15.7. The van der Waals surface area contributed by atoms with Crippen molar-refractivity contribution in [2.24, 2.45) is 0 Å². The molecule has 0 aliphatic heterocycles. The first-order valence-electron chi connectivity index (χ1n) is 8.94. The number of hydrogen-bond acceptors (Lipinski definition) is 3. The average molecular weight is 394 g/mol. The van der Waals surface area contributed by atoms with Gasteiger partial charge in [0.2, 0.25) is 15.9 Å². The van der Waals surface area contributed by atoms with Crippen molar-refractivity contribution in [1.82, 2.24) is 4.72 Å². The molecule has 0 fully saturated rings. The van der Waals surface area contributed by atoms with Gasteiger partial charge in [-0.2, -0.15) is 0 Å². The van der Waals surface area contributed by atoms with Gasteiger partial charge in [-0.15, -0.1) is 0 Å². The molecule has 0 aliphatic rings. The molecular weight excluding hydrogens is 372 g/mol. The lowest BCUT2D eigenvalue weighted by atomic mass is 10.0. The van der Waals surface area contributed by atoms with Gasteiger partial charge in [0.05, 0.1) is 4.90 Å². The Bertz CT molecular complexity index is 1110. The fourth-order valence-electron chi connectivity index (χ4n) is 2.84. The van der Waals surface area contributed by atoms with Crippen LogP contribution in [0.2, 0.25) is 0 Å². The molecule has 5 nitrogen and oxygen atoms in total. The first kappa shape index (κ1) is 19.8. The first-order valence-corrected chi connectivity index (χ1v) is 10.4. The third-order valence-electron chi connectivity index (χ3n) is 4.06. The van der Waals surface area contributed by atoms with Crippen molar-refractivity contribution in [3.63, 3.8) is 0 Å². The van der Waals surface area contributed by atoms with Crippen LogP contribution < -0.4 is 10.0 Å². The lowest BCUT2D eigenvalue weighted by Gasteiger charge is -2.10. The molecule has 3 aromatic rings. The van der Waals surface area contributed by atoms with Crippen LogP contribution in [0.5, 0.6) is 0 Å². The molecule has 0 bridgehead atoms. The molecule has 0 atom stereocenters. The maximum atomic E-state index is 12.2. The molecule has 1 amide bonds. The van der Waals surface area contributed by atoms with Crippen LogP contribution in [0, 0.1) is 0 Å². The number of amides is 1. The molecule has 0 aromatic heterocycles. The summed E-state index contributed by atoms with van der Waals surface area (Å²) in [6.45, 7) is 3.52. The van der Waals surface area contributed by atoms with E-state index in [0.717, 1.165) is 16.3 Å². The lowest BCUT2D eigenvalue weighted by molar-refractivity contribution is -0.111. The Labute approximate surface area is 165 Å². The maximum absolute atomic E-state index is 12.2.